The SMILES string of the molecule is CCOC(=O)/C=C1/c2ccccc2[C@@H]2C3N(C(=O)OCC)N(C(=O)OCC)C([C@H]12)C31CC1. The van der Waals surface area contributed by atoms with Gasteiger partial charge in [-0.05, 0) is 50.3 Å². The van der Waals surface area contributed by atoms with Crippen molar-refractivity contribution in [3.63, 3.8) is 0 Å². The van der Waals surface area contributed by atoms with Crippen LogP contribution in [0.25, 0.3) is 5.57 Å². The second-order valence-corrected chi connectivity index (χ2v) is 8.70. The normalized spacial score (nSPS) is 29.2. The number of carbonyl (C=O) groups excluding carboxylic acids is 3. The molecule has 0 aromatic heterocycles. The molecule has 1 spiro atoms. The van der Waals surface area contributed by atoms with E-state index in [1.165, 1.54) is 10.0 Å². The number of fused-ring (bicyclic) bond motifs is 5. The summed E-state index contributed by atoms with van der Waals surface area (Å²) in [6, 6.07) is 7.48. The van der Waals surface area contributed by atoms with Crippen molar-refractivity contribution in [2.24, 2.45) is 11.3 Å². The molecule has 1 saturated heterocycles. The Morgan fingerprint density at radius 1 is 0.906 bits per heavy atom. The van der Waals surface area contributed by atoms with Gasteiger partial charge in [0.05, 0.1) is 31.9 Å². The molecular weight excluding hydrogens is 412 g/mol. The Bertz CT molecular complexity index is 1000. The molecule has 32 heavy (non-hydrogen) atoms. The first-order valence-corrected chi connectivity index (χ1v) is 11.4. The molecule has 8 nitrogen and oxygen atoms in total. The number of hydrogen-bond donors (Lipinski definition) is 0. The van der Waals surface area contributed by atoms with Gasteiger partial charge in [0, 0.05) is 23.3 Å². The summed E-state index contributed by atoms with van der Waals surface area (Å²) < 4.78 is 15.9. The maximum absolute atomic E-state index is 13.1. The minimum atomic E-state index is -0.552. The summed E-state index contributed by atoms with van der Waals surface area (Å²) in [6.07, 6.45) is 2.32. The van der Waals surface area contributed by atoms with E-state index >= 15 is 0 Å². The molecule has 5 rings (SSSR count). The molecule has 1 heterocycles. The van der Waals surface area contributed by atoms with Crippen molar-refractivity contribution in [2.75, 3.05) is 19.8 Å². The summed E-state index contributed by atoms with van der Waals surface area (Å²) in [5, 5.41) is 2.98. The molecule has 3 aliphatic carbocycles. The standard InChI is InChI=1S/C24H28N2O6/c1-4-30-17(27)13-16-14-9-7-8-10-15(14)18-19(16)21-24(11-12-24)20(18)25(22(28)31-5-2)26(21)23(29)32-6-3/h7-10,13,18-21H,4-6,11-12H2,1-3H3/b16-13-/t18-,19+,20?,21?/m0/s1. The molecule has 8 heteroatoms. The van der Waals surface area contributed by atoms with Gasteiger partial charge < -0.3 is 14.2 Å². The van der Waals surface area contributed by atoms with Crippen LogP contribution < -0.4 is 0 Å². The third-order valence-electron chi connectivity index (χ3n) is 7.29. The highest BCUT2D eigenvalue weighted by atomic mass is 16.6. The fourth-order valence-electron chi connectivity index (χ4n) is 6.30. The van der Waals surface area contributed by atoms with E-state index in [1.807, 2.05) is 18.2 Å². The highest BCUT2D eigenvalue weighted by molar-refractivity contribution is 5.95. The van der Waals surface area contributed by atoms with Crippen LogP contribution in [0.5, 0.6) is 0 Å². The lowest BCUT2D eigenvalue weighted by atomic mass is 9.88. The van der Waals surface area contributed by atoms with Gasteiger partial charge in [0.25, 0.3) is 0 Å². The second kappa shape index (κ2) is 7.53. The van der Waals surface area contributed by atoms with Gasteiger partial charge in [-0.3, -0.25) is 0 Å². The van der Waals surface area contributed by atoms with E-state index in [9.17, 15) is 14.4 Å². The highest BCUT2D eigenvalue weighted by Crippen LogP contribution is 2.75. The van der Waals surface area contributed by atoms with Crippen molar-refractivity contribution in [1.82, 2.24) is 10.0 Å². The minimum Gasteiger partial charge on any atom is -0.463 e. The van der Waals surface area contributed by atoms with E-state index in [4.69, 9.17) is 14.2 Å². The summed E-state index contributed by atoms with van der Waals surface area (Å²) in [5.74, 6) is -0.524. The van der Waals surface area contributed by atoms with E-state index in [0.717, 1.165) is 29.5 Å². The first-order chi connectivity index (χ1) is 15.5. The zero-order valence-electron chi connectivity index (χ0n) is 18.6. The van der Waals surface area contributed by atoms with Gasteiger partial charge in [-0.2, -0.15) is 0 Å². The Morgan fingerprint density at radius 3 is 2.03 bits per heavy atom. The number of nitrogens with zero attached hydrogens (tertiary/aromatic N) is 2. The van der Waals surface area contributed by atoms with Crippen LogP contribution in [-0.4, -0.2) is 60.1 Å². The maximum atomic E-state index is 13.1. The molecule has 4 atom stereocenters. The first-order valence-electron chi connectivity index (χ1n) is 11.4. The molecule has 2 unspecified atom stereocenters. The lowest BCUT2D eigenvalue weighted by Crippen LogP contribution is -2.57. The molecule has 0 radical (unpaired) electrons. The summed E-state index contributed by atoms with van der Waals surface area (Å²) in [4.78, 5) is 38.7. The number of rotatable bonds is 4. The monoisotopic (exact) mass is 440 g/mol. The number of benzene rings is 1. The number of hydrazine groups is 1. The van der Waals surface area contributed by atoms with Gasteiger partial charge >= 0.3 is 18.2 Å². The van der Waals surface area contributed by atoms with Crippen LogP contribution in [0.15, 0.2) is 30.3 Å². The fraction of sp³-hybridized carbons (Fsp3) is 0.542. The molecule has 0 N–H and O–H groups in total. The molecule has 4 aliphatic rings. The van der Waals surface area contributed by atoms with E-state index in [2.05, 4.69) is 6.07 Å². The number of carbonyl (C=O) groups is 3. The lowest BCUT2D eigenvalue weighted by Gasteiger charge is -2.42. The van der Waals surface area contributed by atoms with E-state index in [1.54, 1.807) is 26.8 Å². The largest absolute Gasteiger partial charge is 0.463 e. The van der Waals surface area contributed by atoms with Crippen LogP contribution in [0.2, 0.25) is 0 Å². The van der Waals surface area contributed by atoms with Crippen LogP contribution in [0.4, 0.5) is 9.59 Å². The quantitative estimate of drug-likeness (QED) is 0.403. The third-order valence-corrected chi connectivity index (χ3v) is 7.29. The Labute approximate surface area is 187 Å². The van der Waals surface area contributed by atoms with Gasteiger partial charge in [-0.25, -0.2) is 24.4 Å². The van der Waals surface area contributed by atoms with Crippen molar-refractivity contribution in [3.8, 4) is 0 Å². The smallest absolute Gasteiger partial charge is 0.429 e. The van der Waals surface area contributed by atoms with E-state index in [-0.39, 0.29) is 42.5 Å². The van der Waals surface area contributed by atoms with Crippen molar-refractivity contribution in [2.45, 2.75) is 51.6 Å². The molecule has 1 aromatic carbocycles. The molecule has 2 amide bonds. The predicted octanol–water partition coefficient (Wildman–Crippen LogP) is 3.72. The number of ether oxygens (including phenoxy) is 3. The van der Waals surface area contributed by atoms with Crippen molar-refractivity contribution in [3.05, 3.63) is 41.5 Å². The van der Waals surface area contributed by atoms with Crippen LogP contribution in [0, 0.1) is 11.3 Å². The number of esters is 1. The fourth-order valence-corrected chi connectivity index (χ4v) is 6.30. The highest BCUT2D eigenvalue weighted by Gasteiger charge is 2.79. The third kappa shape index (κ3) is 2.71. The van der Waals surface area contributed by atoms with Crippen LogP contribution >= 0.6 is 0 Å². The Morgan fingerprint density at radius 2 is 1.47 bits per heavy atom. The van der Waals surface area contributed by atoms with Gasteiger partial charge in [0.1, 0.15) is 0 Å². The molecule has 170 valence electrons. The van der Waals surface area contributed by atoms with Crippen LogP contribution in [0.1, 0.15) is 50.7 Å². The van der Waals surface area contributed by atoms with Crippen molar-refractivity contribution >= 4 is 23.7 Å². The summed E-state index contributed by atoms with van der Waals surface area (Å²) in [6.45, 7) is 5.99. The molecule has 3 fully saturated rings. The second-order valence-electron chi connectivity index (χ2n) is 8.70. The summed E-state index contributed by atoms with van der Waals surface area (Å²) >= 11 is 0. The average Bonchev–Trinajstić information content (AvgIpc) is 3.36. The number of hydrogen-bond acceptors (Lipinski definition) is 6. The van der Waals surface area contributed by atoms with Gasteiger partial charge in [0.2, 0.25) is 0 Å². The zero-order chi connectivity index (χ0) is 22.6. The molecular formula is C24H28N2O6. The Balaban J connectivity index is 1.66. The Kier molecular flexibility index (Phi) is 4.91. The number of amides is 2. The van der Waals surface area contributed by atoms with E-state index < -0.39 is 18.2 Å². The molecule has 2 bridgehead atoms. The topological polar surface area (TPSA) is 85.4 Å². The maximum Gasteiger partial charge on any atom is 0.429 e. The first kappa shape index (κ1) is 20.8. The Hall–Kier alpha value is -3.03. The summed E-state index contributed by atoms with van der Waals surface area (Å²) in [5.41, 5.74) is 2.75. The minimum absolute atomic E-state index is 0.0190. The van der Waals surface area contributed by atoms with Crippen molar-refractivity contribution in [1.29, 1.82) is 0 Å². The van der Waals surface area contributed by atoms with Gasteiger partial charge in [-0.1, -0.05) is 24.3 Å². The van der Waals surface area contributed by atoms with E-state index in [0.29, 0.717) is 6.61 Å². The lowest BCUT2D eigenvalue weighted by molar-refractivity contribution is -0.137. The van der Waals surface area contributed by atoms with Crippen LogP contribution in [-0.2, 0) is 19.0 Å². The molecule has 1 aliphatic heterocycles. The average molecular weight is 440 g/mol. The zero-order valence-corrected chi connectivity index (χ0v) is 18.6. The van der Waals surface area contributed by atoms with Crippen molar-refractivity contribution < 1.29 is 28.6 Å². The predicted molar refractivity (Wildman–Crippen MR) is 114 cm³/mol. The van der Waals surface area contributed by atoms with Gasteiger partial charge in [0.15, 0.2) is 0 Å². The summed E-state index contributed by atoms with van der Waals surface area (Å²) in [7, 11) is 0. The molecule has 1 aromatic rings. The molecule has 2 saturated carbocycles. The van der Waals surface area contributed by atoms with Gasteiger partial charge in [-0.15, -0.1) is 0 Å². The van der Waals surface area contributed by atoms with Crippen LogP contribution in [0.3, 0.4) is 0 Å².